The van der Waals surface area contributed by atoms with Gasteiger partial charge in [-0.15, -0.1) is 0 Å². The Morgan fingerprint density at radius 2 is 1.90 bits per heavy atom. The van der Waals surface area contributed by atoms with Gasteiger partial charge in [0, 0.05) is 28.1 Å². The van der Waals surface area contributed by atoms with E-state index in [0.29, 0.717) is 31.5 Å². The average molecular weight is 440 g/mol. The van der Waals surface area contributed by atoms with Crippen molar-refractivity contribution in [2.45, 2.75) is 18.9 Å². The van der Waals surface area contributed by atoms with Crippen molar-refractivity contribution in [3.05, 3.63) is 32.7 Å². The highest BCUT2D eigenvalue weighted by Crippen LogP contribution is 2.22. The number of piperidine rings is 1. The molecular weight excluding hydrogens is 424 g/mol. The molecule has 0 radical (unpaired) electrons. The Hall–Kier alpha value is -0.440. The van der Waals surface area contributed by atoms with Crippen LogP contribution < -0.4 is 5.32 Å². The van der Waals surface area contributed by atoms with Crippen LogP contribution in [-0.2, 0) is 10.0 Å². The second kappa shape index (κ2) is 6.76. The smallest absolute Gasteiger partial charge is 0.252 e. The molecule has 21 heavy (non-hydrogen) atoms. The first-order valence-electron chi connectivity index (χ1n) is 6.48. The maximum atomic E-state index is 12.3. The first-order valence-corrected chi connectivity index (χ1v) is 9.92. The number of hydrogen-bond acceptors (Lipinski definition) is 3. The summed E-state index contributed by atoms with van der Waals surface area (Å²) in [5.74, 6) is -0.152. The zero-order valence-electron chi connectivity index (χ0n) is 11.5. The largest absolute Gasteiger partial charge is 0.349 e. The third kappa shape index (κ3) is 4.51. The second-order valence-corrected chi connectivity index (χ2v) is 8.79. The highest BCUT2D eigenvalue weighted by atomic mass is 79.9. The Kier molecular flexibility index (Phi) is 5.45. The monoisotopic (exact) mass is 438 g/mol. The van der Waals surface area contributed by atoms with Crippen molar-refractivity contribution >= 4 is 47.8 Å². The van der Waals surface area contributed by atoms with Gasteiger partial charge in [-0.2, -0.15) is 0 Å². The van der Waals surface area contributed by atoms with Crippen LogP contribution in [0.15, 0.2) is 27.1 Å². The van der Waals surface area contributed by atoms with E-state index in [1.165, 1.54) is 10.6 Å². The number of amides is 1. The van der Waals surface area contributed by atoms with Gasteiger partial charge in [-0.3, -0.25) is 4.79 Å². The summed E-state index contributed by atoms with van der Waals surface area (Å²) in [4.78, 5) is 12.3. The van der Waals surface area contributed by atoms with Crippen LogP contribution in [0.4, 0.5) is 0 Å². The molecule has 5 nitrogen and oxygen atoms in total. The molecule has 1 N–H and O–H groups in total. The molecule has 116 valence electrons. The van der Waals surface area contributed by atoms with Gasteiger partial charge in [-0.25, -0.2) is 12.7 Å². The van der Waals surface area contributed by atoms with Gasteiger partial charge in [0.25, 0.3) is 5.91 Å². The lowest BCUT2D eigenvalue weighted by Gasteiger charge is -2.30. The van der Waals surface area contributed by atoms with Gasteiger partial charge in [-0.1, -0.05) is 15.9 Å². The molecule has 1 fully saturated rings. The van der Waals surface area contributed by atoms with Gasteiger partial charge >= 0.3 is 0 Å². The van der Waals surface area contributed by atoms with E-state index in [9.17, 15) is 13.2 Å². The molecule has 8 heteroatoms. The molecule has 1 heterocycles. The average Bonchev–Trinajstić information content (AvgIpc) is 2.41. The van der Waals surface area contributed by atoms with E-state index in [-0.39, 0.29) is 11.9 Å². The van der Waals surface area contributed by atoms with Crippen molar-refractivity contribution in [1.29, 1.82) is 0 Å². The number of sulfonamides is 1. The number of nitrogens with one attached hydrogen (secondary N) is 1. The van der Waals surface area contributed by atoms with Crippen LogP contribution >= 0.6 is 31.9 Å². The van der Waals surface area contributed by atoms with Crippen LogP contribution in [0.1, 0.15) is 23.2 Å². The van der Waals surface area contributed by atoms with Gasteiger partial charge in [-0.05, 0) is 47.0 Å². The predicted molar refractivity (Wildman–Crippen MR) is 88.7 cm³/mol. The molecule has 1 amide bonds. The second-order valence-electron chi connectivity index (χ2n) is 5.03. The number of carbonyl (C=O) groups is 1. The summed E-state index contributed by atoms with van der Waals surface area (Å²) in [6, 6.07) is 5.42. The summed E-state index contributed by atoms with van der Waals surface area (Å²) in [6.45, 7) is 0.896. The third-order valence-corrected chi connectivity index (χ3v) is 5.92. The minimum Gasteiger partial charge on any atom is -0.349 e. The Morgan fingerprint density at radius 1 is 1.29 bits per heavy atom. The van der Waals surface area contributed by atoms with E-state index in [4.69, 9.17) is 0 Å². The quantitative estimate of drug-likeness (QED) is 0.786. The van der Waals surface area contributed by atoms with E-state index in [1.807, 2.05) is 12.1 Å². The summed E-state index contributed by atoms with van der Waals surface area (Å²) in [6.07, 6.45) is 2.47. The summed E-state index contributed by atoms with van der Waals surface area (Å²) in [5.41, 5.74) is 0.565. The standard InChI is InChI=1S/C13H16Br2N2O3S/c1-21(19,20)17-6-4-10(5-7-17)16-13(18)11-8-9(14)2-3-12(11)15/h2-3,8,10H,4-7H2,1H3,(H,16,18). The third-order valence-electron chi connectivity index (χ3n) is 3.43. The van der Waals surface area contributed by atoms with Crippen LogP contribution in [0, 0.1) is 0 Å². The molecule has 0 aliphatic carbocycles. The van der Waals surface area contributed by atoms with Gasteiger partial charge in [0.05, 0.1) is 11.8 Å². The van der Waals surface area contributed by atoms with Crippen molar-refractivity contribution in [3.8, 4) is 0 Å². The van der Waals surface area contributed by atoms with Crippen molar-refractivity contribution in [1.82, 2.24) is 9.62 Å². The fraction of sp³-hybridized carbons (Fsp3) is 0.462. The highest BCUT2D eigenvalue weighted by Gasteiger charge is 2.26. The molecule has 0 aromatic heterocycles. The van der Waals surface area contributed by atoms with Crippen molar-refractivity contribution in [3.63, 3.8) is 0 Å². The molecule has 1 aromatic rings. The maximum absolute atomic E-state index is 12.3. The van der Waals surface area contributed by atoms with E-state index < -0.39 is 10.0 Å². The Bertz CT molecular complexity index is 641. The first-order chi connectivity index (χ1) is 9.77. The molecule has 0 unspecified atom stereocenters. The number of nitrogens with zero attached hydrogens (tertiary/aromatic N) is 1. The minimum absolute atomic E-state index is 0.00128. The van der Waals surface area contributed by atoms with Crippen molar-refractivity contribution in [2.24, 2.45) is 0 Å². The van der Waals surface area contributed by atoms with Gasteiger partial charge in [0.2, 0.25) is 10.0 Å². The Labute approximate surface area is 141 Å². The number of carbonyl (C=O) groups excluding carboxylic acids is 1. The van der Waals surface area contributed by atoms with Gasteiger partial charge < -0.3 is 5.32 Å². The first kappa shape index (κ1) is 16.9. The van der Waals surface area contributed by atoms with E-state index in [0.717, 1.165) is 8.95 Å². The lowest BCUT2D eigenvalue weighted by atomic mass is 10.1. The fourth-order valence-electron chi connectivity index (χ4n) is 2.27. The minimum atomic E-state index is -3.14. The number of hydrogen-bond donors (Lipinski definition) is 1. The zero-order chi connectivity index (χ0) is 15.6. The van der Waals surface area contributed by atoms with Crippen LogP contribution in [0.3, 0.4) is 0 Å². The fourth-order valence-corrected chi connectivity index (χ4v) is 3.93. The van der Waals surface area contributed by atoms with Crippen LogP contribution in [0.5, 0.6) is 0 Å². The number of benzene rings is 1. The molecule has 1 aromatic carbocycles. The van der Waals surface area contributed by atoms with Crippen LogP contribution in [0.2, 0.25) is 0 Å². The van der Waals surface area contributed by atoms with E-state index in [1.54, 1.807) is 6.07 Å². The molecule has 0 spiro atoms. The Balaban J connectivity index is 1.97. The lowest BCUT2D eigenvalue weighted by Crippen LogP contribution is -2.46. The van der Waals surface area contributed by atoms with Crippen molar-refractivity contribution in [2.75, 3.05) is 19.3 Å². The predicted octanol–water partition coefficient (Wildman–Crippen LogP) is 2.37. The normalized spacial score (nSPS) is 17.7. The molecule has 1 saturated heterocycles. The molecular formula is C13H16Br2N2O3S. The SMILES string of the molecule is CS(=O)(=O)N1CCC(NC(=O)c2cc(Br)ccc2Br)CC1. The number of rotatable bonds is 3. The van der Waals surface area contributed by atoms with Gasteiger partial charge in [0.1, 0.15) is 0 Å². The molecule has 0 saturated carbocycles. The Morgan fingerprint density at radius 3 is 2.48 bits per heavy atom. The zero-order valence-corrected chi connectivity index (χ0v) is 15.5. The maximum Gasteiger partial charge on any atom is 0.252 e. The molecule has 1 aliphatic rings. The summed E-state index contributed by atoms with van der Waals surface area (Å²) in [5, 5.41) is 2.96. The highest BCUT2D eigenvalue weighted by molar-refractivity contribution is 9.11. The molecule has 0 bridgehead atoms. The summed E-state index contributed by atoms with van der Waals surface area (Å²) >= 11 is 6.71. The lowest BCUT2D eigenvalue weighted by molar-refractivity contribution is 0.0923. The molecule has 2 rings (SSSR count). The van der Waals surface area contributed by atoms with Crippen molar-refractivity contribution < 1.29 is 13.2 Å². The van der Waals surface area contributed by atoms with E-state index in [2.05, 4.69) is 37.2 Å². The van der Waals surface area contributed by atoms with E-state index >= 15 is 0 Å². The molecule has 0 atom stereocenters. The van der Waals surface area contributed by atoms with Crippen LogP contribution in [-0.4, -0.2) is 44.0 Å². The van der Waals surface area contributed by atoms with Gasteiger partial charge in [0.15, 0.2) is 0 Å². The number of halogens is 2. The topological polar surface area (TPSA) is 66.5 Å². The molecule has 1 aliphatic heterocycles. The summed E-state index contributed by atoms with van der Waals surface area (Å²) < 4.78 is 25.9. The van der Waals surface area contributed by atoms with Crippen LogP contribution in [0.25, 0.3) is 0 Å². The summed E-state index contributed by atoms with van der Waals surface area (Å²) in [7, 11) is -3.14.